The van der Waals surface area contributed by atoms with Crippen molar-refractivity contribution in [2.24, 2.45) is 0 Å². The molecule has 0 unspecified atom stereocenters. The minimum absolute atomic E-state index is 0.00674. The minimum Gasteiger partial charge on any atom is -0.478 e. The Hall–Kier alpha value is -2.44. The highest BCUT2D eigenvalue weighted by Gasteiger charge is 2.19. The molecule has 1 aliphatic heterocycles. The van der Waals surface area contributed by atoms with E-state index in [1.807, 2.05) is 0 Å². The molecule has 0 atom stereocenters. The smallest absolute Gasteiger partial charge is 0.338 e. The van der Waals surface area contributed by atoms with Gasteiger partial charge < -0.3 is 15.3 Å². The Morgan fingerprint density at radius 2 is 2.00 bits per heavy atom. The van der Waals surface area contributed by atoms with Gasteiger partial charge in [0.2, 0.25) is 5.91 Å². The van der Waals surface area contributed by atoms with Crippen molar-refractivity contribution in [3.05, 3.63) is 29.6 Å². The maximum Gasteiger partial charge on any atom is 0.338 e. The fourth-order valence-corrected chi connectivity index (χ4v) is 2.25. The van der Waals surface area contributed by atoms with E-state index in [1.54, 1.807) is 4.90 Å². The molecule has 0 aliphatic carbocycles. The predicted molar refractivity (Wildman–Crippen MR) is 74.0 cm³/mol. The Kier molecular flexibility index (Phi) is 4.86. The van der Waals surface area contributed by atoms with E-state index in [0.29, 0.717) is 0 Å². The number of nitrogens with one attached hydrogen (secondary N) is 1. The van der Waals surface area contributed by atoms with E-state index in [1.165, 1.54) is 18.3 Å². The molecule has 2 N–H and O–H groups in total. The maximum atomic E-state index is 11.9. The van der Waals surface area contributed by atoms with Crippen LogP contribution in [0.15, 0.2) is 18.3 Å². The lowest BCUT2D eigenvalue weighted by atomic mass is 10.2. The molecule has 112 valence electrons. The Balaban J connectivity index is 1.87. The zero-order chi connectivity index (χ0) is 15.2. The number of likely N-dealkylation sites (tertiary alicyclic amines) is 1. The lowest BCUT2D eigenvalue weighted by molar-refractivity contribution is -0.129. The molecule has 1 fully saturated rings. The third-order valence-electron chi connectivity index (χ3n) is 3.34. The molecule has 2 amide bonds. The molecule has 1 aromatic heterocycles. The van der Waals surface area contributed by atoms with Crippen molar-refractivity contribution in [1.29, 1.82) is 0 Å². The number of hydrogen-bond donors (Lipinski definition) is 2. The number of pyridine rings is 1. The molecule has 7 heteroatoms. The third-order valence-corrected chi connectivity index (χ3v) is 3.34. The summed E-state index contributed by atoms with van der Waals surface area (Å²) in [6, 6.07) is 2.77. The van der Waals surface area contributed by atoms with E-state index in [9.17, 15) is 14.4 Å². The van der Waals surface area contributed by atoms with E-state index in [0.717, 1.165) is 25.9 Å². The number of carbonyl (C=O) groups excluding carboxylic acids is 2. The van der Waals surface area contributed by atoms with E-state index in [4.69, 9.17) is 5.11 Å². The maximum absolute atomic E-state index is 11.9. The molecule has 0 saturated carbocycles. The van der Waals surface area contributed by atoms with Crippen LogP contribution in [-0.2, 0) is 4.79 Å². The quantitative estimate of drug-likeness (QED) is 0.824. The second-order valence-corrected chi connectivity index (χ2v) is 4.80. The molecule has 7 nitrogen and oxygen atoms in total. The molecule has 1 saturated heterocycles. The van der Waals surface area contributed by atoms with Crippen LogP contribution in [0.5, 0.6) is 0 Å². The first kappa shape index (κ1) is 15.0. The average Bonchev–Trinajstić information content (AvgIpc) is 3.01. The van der Waals surface area contributed by atoms with Gasteiger partial charge in [0, 0.05) is 32.3 Å². The van der Waals surface area contributed by atoms with Gasteiger partial charge in [-0.1, -0.05) is 0 Å². The molecule has 0 bridgehead atoms. The van der Waals surface area contributed by atoms with Crippen LogP contribution in [-0.4, -0.2) is 52.4 Å². The van der Waals surface area contributed by atoms with Gasteiger partial charge in [-0.25, -0.2) is 4.79 Å². The van der Waals surface area contributed by atoms with Crippen LogP contribution in [0.1, 0.15) is 40.1 Å². The van der Waals surface area contributed by atoms with Gasteiger partial charge in [-0.3, -0.25) is 14.6 Å². The van der Waals surface area contributed by atoms with Crippen LogP contribution >= 0.6 is 0 Å². The number of carbonyl (C=O) groups is 3. The molecular weight excluding hydrogens is 274 g/mol. The Bertz CT molecular complexity index is 553. The fraction of sp³-hybridized carbons (Fsp3) is 0.429. The fourth-order valence-electron chi connectivity index (χ4n) is 2.25. The molecule has 0 spiro atoms. The van der Waals surface area contributed by atoms with Crippen molar-refractivity contribution in [2.45, 2.75) is 19.3 Å². The van der Waals surface area contributed by atoms with Gasteiger partial charge in [-0.2, -0.15) is 0 Å². The second-order valence-electron chi connectivity index (χ2n) is 4.80. The van der Waals surface area contributed by atoms with Crippen molar-refractivity contribution in [3.8, 4) is 0 Å². The van der Waals surface area contributed by atoms with Crippen LogP contribution < -0.4 is 5.32 Å². The lowest BCUT2D eigenvalue weighted by Crippen LogP contribution is -2.33. The summed E-state index contributed by atoms with van der Waals surface area (Å²) in [6.07, 6.45) is 3.61. The van der Waals surface area contributed by atoms with Crippen molar-refractivity contribution in [2.75, 3.05) is 19.6 Å². The van der Waals surface area contributed by atoms with Gasteiger partial charge in [-0.05, 0) is 25.0 Å². The van der Waals surface area contributed by atoms with Gasteiger partial charge in [0.1, 0.15) is 5.69 Å². The lowest BCUT2D eigenvalue weighted by Gasteiger charge is -2.15. The minimum atomic E-state index is -1.21. The van der Waals surface area contributed by atoms with E-state index in [2.05, 4.69) is 10.3 Å². The summed E-state index contributed by atoms with van der Waals surface area (Å²) in [4.78, 5) is 40.3. The molecule has 2 heterocycles. The first-order valence-corrected chi connectivity index (χ1v) is 6.84. The normalized spacial score (nSPS) is 14.0. The van der Waals surface area contributed by atoms with Crippen LogP contribution in [0.3, 0.4) is 0 Å². The zero-order valence-corrected chi connectivity index (χ0v) is 11.5. The number of aromatic nitrogens is 1. The number of hydrogen-bond acceptors (Lipinski definition) is 4. The molecule has 0 radical (unpaired) electrons. The number of aromatic carboxylic acids is 1. The predicted octanol–water partition coefficient (Wildman–Crippen LogP) is 0.522. The van der Waals surface area contributed by atoms with Crippen LogP contribution in [0.25, 0.3) is 0 Å². The highest BCUT2D eigenvalue weighted by molar-refractivity contribution is 6.03. The zero-order valence-electron chi connectivity index (χ0n) is 11.5. The van der Waals surface area contributed by atoms with Gasteiger partial charge in [0.15, 0.2) is 0 Å². The summed E-state index contributed by atoms with van der Waals surface area (Å²) in [7, 11) is 0. The number of carboxylic acids is 1. The van der Waals surface area contributed by atoms with E-state index < -0.39 is 11.9 Å². The highest BCUT2D eigenvalue weighted by Crippen LogP contribution is 2.09. The van der Waals surface area contributed by atoms with Gasteiger partial charge in [0.05, 0.1) is 5.56 Å². The largest absolute Gasteiger partial charge is 0.478 e. The standard InChI is InChI=1S/C14H17N3O4/c18-11(17-8-1-2-9-17)5-7-16-13(19)12-10(14(20)21)4-3-6-15-12/h3-4,6H,1-2,5,7-9H2,(H,16,19)(H,20,21). The van der Waals surface area contributed by atoms with Crippen molar-refractivity contribution in [1.82, 2.24) is 15.2 Å². The molecule has 2 rings (SSSR count). The van der Waals surface area contributed by atoms with Gasteiger partial charge in [0.25, 0.3) is 5.91 Å². The first-order chi connectivity index (χ1) is 10.1. The van der Waals surface area contributed by atoms with Crippen molar-refractivity contribution < 1.29 is 19.5 Å². The van der Waals surface area contributed by atoms with Gasteiger partial charge in [-0.15, -0.1) is 0 Å². The number of rotatable bonds is 5. The molecule has 0 aromatic carbocycles. The Labute approximate surface area is 122 Å². The number of nitrogens with zero attached hydrogens (tertiary/aromatic N) is 2. The Morgan fingerprint density at radius 3 is 2.67 bits per heavy atom. The van der Waals surface area contributed by atoms with Crippen molar-refractivity contribution >= 4 is 17.8 Å². The third kappa shape index (κ3) is 3.77. The topological polar surface area (TPSA) is 99.6 Å². The van der Waals surface area contributed by atoms with Crippen LogP contribution in [0.4, 0.5) is 0 Å². The number of amides is 2. The average molecular weight is 291 g/mol. The summed E-state index contributed by atoms with van der Waals surface area (Å²) < 4.78 is 0. The monoisotopic (exact) mass is 291 g/mol. The van der Waals surface area contributed by atoms with E-state index in [-0.39, 0.29) is 30.1 Å². The van der Waals surface area contributed by atoms with E-state index >= 15 is 0 Å². The van der Waals surface area contributed by atoms with Crippen LogP contribution in [0, 0.1) is 0 Å². The summed E-state index contributed by atoms with van der Waals surface area (Å²) in [5, 5.41) is 11.5. The summed E-state index contributed by atoms with van der Waals surface area (Å²) >= 11 is 0. The molecule has 1 aromatic rings. The van der Waals surface area contributed by atoms with Crippen molar-refractivity contribution in [3.63, 3.8) is 0 Å². The van der Waals surface area contributed by atoms with Gasteiger partial charge >= 0.3 is 5.97 Å². The SMILES string of the molecule is O=C(O)c1cccnc1C(=O)NCCC(=O)N1CCCC1. The summed E-state index contributed by atoms with van der Waals surface area (Å²) in [5.74, 6) is -1.78. The number of carboxylic acid groups (broad SMARTS) is 1. The molecular formula is C14H17N3O4. The highest BCUT2D eigenvalue weighted by atomic mass is 16.4. The second kappa shape index (κ2) is 6.83. The summed E-state index contributed by atoms with van der Waals surface area (Å²) in [5.41, 5.74) is -0.292. The first-order valence-electron chi connectivity index (χ1n) is 6.84. The summed E-state index contributed by atoms with van der Waals surface area (Å²) in [6.45, 7) is 1.72. The Morgan fingerprint density at radius 1 is 1.29 bits per heavy atom. The van der Waals surface area contributed by atoms with Crippen LogP contribution in [0.2, 0.25) is 0 Å². The molecule has 21 heavy (non-hydrogen) atoms. The molecule has 1 aliphatic rings.